The third kappa shape index (κ3) is 19.1. The number of hydrogen-bond acceptors (Lipinski definition) is 7. The van der Waals surface area contributed by atoms with Crippen LogP contribution in [0.4, 0.5) is 77.8 Å². The molecule has 0 radical (unpaired) electrons. The molecule has 84 heavy (non-hydrogen) atoms. The van der Waals surface area contributed by atoms with Gasteiger partial charge >= 0.3 is 12.2 Å². The summed E-state index contributed by atoms with van der Waals surface area (Å²) in [6.45, 7) is 11.2. The van der Waals surface area contributed by atoms with Gasteiger partial charge in [-0.25, -0.2) is 19.4 Å². The van der Waals surface area contributed by atoms with Crippen molar-refractivity contribution in [1.29, 1.82) is 0 Å². The van der Waals surface area contributed by atoms with E-state index in [1.807, 2.05) is 272 Å². The molecular formula is C73H77Br2N5O4. The Morgan fingerprint density at radius 2 is 0.488 bits per heavy atom. The van der Waals surface area contributed by atoms with E-state index in [0.29, 0.717) is 11.4 Å². The molecule has 10 rings (SSSR count). The lowest BCUT2D eigenvalue weighted by molar-refractivity contribution is 0.0588. The molecule has 11 heteroatoms. The Morgan fingerprint density at radius 1 is 0.298 bits per heavy atom. The molecule has 10 aromatic rings. The van der Waals surface area contributed by atoms with Gasteiger partial charge in [0, 0.05) is 54.4 Å². The first kappa shape index (κ1) is 65.9. The van der Waals surface area contributed by atoms with Crippen molar-refractivity contribution in [3.63, 3.8) is 0 Å². The zero-order valence-corrected chi connectivity index (χ0v) is 49.4. The number of para-hydroxylation sites is 6. The van der Waals surface area contributed by atoms with Gasteiger partial charge in [-0.3, -0.25) is 0 Å². The molecule has 0 spiro atoms. The maximum absolute atomic E-state index is 13.8. The molecule has 1 N–H and O–H groups in total. The summed E-state index contributed by atoms with van der Waals surface area (Å²) < 4.78 is 13.3. The van der Waals surface area contributed by atoms with Crippen LogP contribution in [0.25, 0.3) is 0 Å². The fourth-order valence-electron chi connectivity index (χ4n) is 8.43. The number of carbonyl (C=O) groups excluding carboxylic acids is 2. The van der Waals surface area contributed by atoms with Crippen LogP contribution in [0.1, 0.15) is 63.8 Å². The first-order valence-corrected chi connectivity index (χ1v) is 28.1. The molecule has 0 aromatic heterocycles. The summed E-state index contributed by atoms with van der Waals surface area (Å²) in [7, 11) is 0. The van der Waals surface area contributed by atoms with Crippen molar-refractivity contribution in [2.45, 2.75) is 75.0 Å². The summed E-state index contributed by atoms with van der Waals surface area (Å²) in [5.74, 6) is 0. The van der Waals surface area contributed by atoms with Crippen molar-refractivity contribution < 1.29 is 19.1 Å². The zero-order chi connectivity index (χ0) is 57.2. The number of nitrogens with one attached hydrogen (secondary N) is 1. The van der Waals surface area contributed by atoms with Crippen molar-refractivity contribution in [2.75, 3.05) is 24.9 Å². The lowest BCUT2D eigenvalue weighted by Gasteiger charge is -2.30. The van der Waals surface area contributed by atoms with Gasteiger partial charge in [0.15, 0.2) is 0 Å². The van der Waals surface area contributed by atoms with E-state index in [4.69, 9.17) is 9.47 Å². The number of benzene rings is 10. The summed E-state index contributed by atoms with van der Waals surface area (Å²) in [5.41, 5.74) is 10.1. The van der Waals surface area contributed by atoms with Gasteiger partial charge in [0.1, 0.15) is 11.2 Å². The Bertz CT molecular complexity index is 3210. The second-order valence-electron chi connectivity index (χ2n) is 20.5. The molecule has 0 aliphatic carbocycles. The molecule has 432 valence electrons. The maximum atomic E-state index is 13.8. The SMILES string of the molecule is C.C.C.CC(C)(C)OC(=O)N(c1ccc(Br)cc1)c1ccc(Br)cc1.CC(C)(C)OC(=O)N(c1ccc(N(c2ccccc2)c2ccccc2)cc1)c1ccc(N(c2ccccc2)c2ccccc2)cc1.c1ccc(Nc2ccccc2)cc1. The monoisotopic (exact) mass is 1250 g/mol. The van der Waals surface area contributed by atoms with Crippen LogP contribution in [0.15, 0.2) is 288 Å². The van der Waals surface area contributed by atoms with Crippen LogP contribution in [0, 0.1) is 0 Å². The normalized spacial score (nSPS) is 10.4. The average molecular weight is 1250 g/mol. The lowest BCUT2D eigenvalue weighted by Crippen LogP contribution is -2.33. The van der Waals surface area contributed by atoms with Gasteiger partial charge in [0.05, 0.1) is 22.7 Å². The summed E-state index contributed by atoms with van der Waals surface area (Å²) in [5, 5.41) is 3.30. The van der Waals surface area contributed by atoms with Crippen molar-refractivity contribution in [3.05, 3.63) is 288 Å². The molecular weight excluding hydrogens is 1170 g/mol. The standard InChI is InChI=1S/C41H37N3O2.C17H17Br2NO2.C12H11N.3CH4/c1-41(2,3)46-40(45)44(38-28-24-36(25-29-38)42(32-16-8-4-9-17-32)33-18-10-5-11-19-33)39-30-26-37(27-31-39)43(34-20-12-6-13-21-34)35-22-14-7-15-23-35;1-17(2,3)22-16(21)20(14-8-4-12(18)5-9-14)15-10-6-13(19)7-11-15;1-3-7-11(8-4-1)13-12-9-5-2-6-10-12;;;/h4-31H,1-3H3;4-11H,1-3H3;1-10,13H;3*1H4. The van der Waals surface area contributed by atoms with Crippen LogP contribution in [-0.2, 0) is 9.47 Å². The molecule has 0 heterocycles. The highest BCUT2D eigenvalue weighted by Crippen LogP contribution is 2.39. The molecule has 0 atom stereocenters. The Hall–Kier alpha value is -8.90. The Kier molecular flexibility index (Phi) is 24.7. The molecule has 0 bridgehead atoms. The molecule has 0 saturated heterocycles. The highest BCUT2D eigenvalue weighted by Gasteiger charge is 2.27. The number of anilines is 12. The molecule has 10 aromatic carbocycles. The predicted octanol–water partition coefficient (Wildman–Crippen LogP) is 23.3. The minimum atomic E-state index is -0.663. The first-order valence-electron chi connectivity index (χ1n) is 26.5. The van der Waals surface area contributed by atoms with Crippen molar-refractivity contribution in [2.24, 2.45) is 0 Å². The van der Waals surface area contributed by atoms with Gasteiger partial charge in [0.25, 0.3) is 0 Å². The number of halogens is 2. The van der Waals surface area contributed by atoms with Crippen molar-refractivity contribution in [1.82, 2.24) is 0 Å². The largest absolute Gasteiger partial charge is 0.443 e. The highest BCUT2D eigenvalue weighted by atomic mass is 79.9. The topological polar surface area (TPSA) is 77.6 Å². The molecule has 9 nitrogen and oxygen atoms in total. The summed E-state index contributed by atoms with van der Waals surface area (Å²) >= 11 is 6.81. The second-order valence-corrected chi connectivity index (χ2v) is 22.3. The first-order chi connectivity index (χ1) is 39.1. The summed E-state index contributed by atoms with van der Waals surface area (Å²) in [4.78, 5) is 33.9. The van der Waals surface area contributed by atoms with E-state index in [-0.39, 0.29) is 22.3 Å². The van der Waals surface area contributed by atoms with E-state index in [9.17, 15) is 9.59 Å². The van der Waals surface area contributed by atoms with Crippen LogP contribution < -0.4 is 24.9 Å². The third-order valence-electron chi connectivity index (χ3n) is 11.9. The van der Waals surface area contributed by atoms with Crippen molar-refractivity contribution >= 4 is 112 Å². The number of nitrogens with zero attached hydrogens (tertiary/aromatic N) is 4. The fraction of sp³-hybridized carbons (Fsp3) is 0.151. The van der Waals surface area contributed by atoms with Gasteiger partial charge in [-0.05, 0) is 211 Å². The van der Waals surface area contributed by atoms with Gasteiger partial charge in [0.2, 0.25) is 0 Å². The number of rotatable bonds is 12. The Balaban J connectivity index is 0.000000280. The number of hydrogen-bond donors (Lipinski definition) is 1. The smallest absolute Gasteiger partial charge is 0.419 e. The van der Waals surface area contributed by atoms with Gasteiger partial charge in [-0.1, -0.05) is 163 Å². The van der Waals surface area contributed by atoms with Gasteiger partial charge < -0.3 is 24.6 Å². The van der Waals surface area contributed by atoms with E-state index in [2.05, 4.69) is 95.5 Å². The fourth-order valence-corrected chi connectivity index (χ4v) is 8.96. The van der Waals surface area contributed by atoms with Crippen LogP contribution in [0.2, 0.25) is 0 Å². The Labute approximate surface area is 516 Å². The predicted molar refractivity (Wildman–Crippen MR) is 364 cm³/mol. The number of ether oxygens (including phenoxy) is 2. The number of carbonyl (C=O) groups is 2. The quantitative estimate of drug-likeness (QED) is 0.131. The van der Waals surface area contributed by atoms with Gasteiger partial charge in [-0.15, -0.1) is 0 Å². The highest BCUT2D eigenvalue weighted by molar-refractivity contribution is 9.10. The lowest BCUT2D eigenvalue weighted by atomic mass is 10.1. The second kappa shape index (κ2) is 31.5. The van der Waals surface area contributed by atoms with Crippen LogP contribution in [0.3, 0.4) is 0 Å². The van der Waals surface area contributed by atoms with E-state index in [0.717, 1.165) is 65.8 Å². The number of amides is 2. The zero-order valence-electron chi connectivity index (χ0n) is 46.2. The molecule has 2 amide bonds. The van der Waals surface area contributed by atoms with E-state index >= 15 is 0 Å². The van der Waals surface area contributed by atoms with E-state index in [1.165, 1.54) is 0 Å². The molecule has 0 fully saturated rings. The molecule has 0 aliphatic heterocycles. The third-order valence-corrected chi connectivity index (χ3v) is 13.0. The summed E-state index contributed by atoms with van der Waals surface area (Å²) in [6, 6.07) is 92.4. The van der Waals surface area contributed by atoms with E-state index in [1.54, 1.807) is 9.80 Å². The molecule has 0 unspecified atom stereocenters. The van der Waals surface area contributed by atoms with Gasteiger partial charge in [-0.2, -0.15) is 0 Å². The molecule has 0 saturated carbocycles. The minimum Gasteiger partial charge on any atom is -0.443 e. The average Bonchev–Trinajstić information content (AvgIpc) is 3.57. The minimum absolute atomic E-state index is 0. The van der Waals surface area contributed by atoms with E-state index < -0.39 is 23.4 Å². The molecule has 0 aliphatic rings. The summed E-state index contributed by atoms with van der Waals surface area (Å²) in [6.07, 6.45) is -0.851. The Morgan fingerprint density at radius 3 is 0.714 bits per heavy atom. The van der Waals surface area contributed by atoms with Crippen LogP contribution >= 0.6 is 31.9 Å². The van der Waals surface area contributed by atoms with Crippen LogP contribution in [-0.4, -0.2) is 23.4 Å². The maximum Gasteiger partial charge on any atom is 0.419 e. The van der Waals surface area contributed by atoms with Crippen LogP contribution in [0.5, 0.6) is 0 Å². The van der Waals surface area contributed by atoms with Crippen molar-refractivity contribution in [3.8, 4) is 0 Å².